The fourth-order valence-corrected chi connectivity index (χ4v) is 2.94. The summed E-state index contributed by atoms with van der Waals surface area (Å²) < 4.78 is 0. The summed E-state index contributed by atoms with van der Waals surface area (Å²) in [6, 6.07) is 0.962. The highest BCUT2D eigenvalue weighted by atomic mass is 16.1. The quantitative estimate of drug-likeness (QED) is 0.747. The van der Waals surface area contributed by atoms with E-state index in [1.807, 2.05) is 0 Å². The third-order valence-electron chi connectivity index (χ3n) is 4.31. The number of rotatable bonds is 5. The van der Waals surface area contributed by atoms with Gasteiger partial charge in [-0.25, -0.2) is 0 Å². The number of nitrogens with zero attached hydrogens (tertiary/aromatic N) is 1. The second kappa shape index (κ2) is 4.58. The SMILES string of the molecule is CC(C)N(CC1CC1)C1CCC(N)(C(N)=O)C1. The van der Waals surface area contributed by atoms with Gasteiger partial charge in [0.15, 0.2) is 0 Å². The van der Waals surface area contributed by atoms with Crippen molar-refractivity contribution in [3.05, 3.63) is 0 Å². The molecule has 2 fully saturated rings. The summed E-state index contributed by atoms with van der Waals surface area (Å²) in [6.07, 6.45) is 5.19. The van der Waals surface area contributed by atoms with Gasteiger partial charge in [0.1, 0.15) is 0 Å². The van der Waals surface area contributed by atoms with Crippen LogP contribution in [0.3, 0.4) is 0 Å². The Morgan fingerprint density at radius 1 is 1.41 bits per heavy atom. The lowest BCUT2D eigenvalue weighted by molar-refractivity contribution is -0.123. The second-order valence-electron chi connectivity index (χ2n) is 6.15. The maximum absolute atomic E-state index is 11.4. The largest absolute Gasteiger partial charge is 0.368 e. The molecule has 0 bridgehead atoms. The summed E-state index contributed by atoms with van der Waals surface area (Å²) in [5.74, 6) is 0.536. The van der Waals surface area contributed by atoms with E-state index in [4.69, 9.17) is 11.5 Å². The van der Waals surface area contributed by atoms with Gasteiger partial charge in [0.2, 0.25) is 5.91 Å². The van der Waals surface area contributed by atoms with Crippen LogP contribution in [0.2, 0.25) is 0 Å². The Kier molecular flexibility index (Phi) is 3.46. The summed E-state index contributed by atoms with van der Waals surface area (Å²) in [5.41, 5.74) is 10.7. The minimum Gasteiger partial charge on any atom is -0.368 e. The van der Waals surface area contributed by atoms with Crippen molar-refractivity contribution in [2.75, 3.05) is 6.54 Å². The molecule has 4 heteroatoms. The number of primary amides is 1. The van der Waals surface area contributed by atoms with Crippen LogP contribution >= 0.6 is 0 Å². The van der Waals surface area contributed by atoms with Gasteiger partial charge in [-0.15, -0.1) is 0 Å². The zero-order valence-corrected chi connectivity index (χ0v) is 11.0. The monoisotopic (exact) mass is 239 g/mol. The highest BCUT2D eigenvalue weighted by molar-refractivity contribution is 5.84. The third-order valence-corrected chi connectivity index (χ3v) is 4.31. The smallest absolute Gasteiger partial charge is 0.237 e. The molecule has 2 unspecified atom stereocenters. The molecule has 17 heavy (non-hydrogen) atoms. The maximum Gasteiger partial charge on any atom is 0.237 e. The summed E-state index contributed by atoms with van der Waals surface area (Å²) in [5, 5.41) is 0. The van der Waals surface area contributed by atoms with Crippen molar-refractivity contribution >= 4 is 5.91 Å². The zero-order valence-electron chi connectivity index (χ0n) is 11.0. The lowest BCUT2D eigenvalue weighted by atomic mass is 9.98. The first kappa shape index (κ1) is 12.8. The van der Waals surface area contributed by atoms with E-state index in [9.17, 15) is 4.79 Å². The summed E-state index contributed by atoms with van der Waals surface area (Å²) in [7, 11) is 0. The molecule has 0 radical (unpaired) electrons. The van der Waals surface area contributed by atoms with Gasteiger partial charge in [0, 0.05) is 18.6 Å². The Bertz CT molecular complexity index is 301. The van der Waals surface area contributed by atoms with Gasteiger partial charge in [0.05, 0.1) is 5.54 Å². The normalized spacial score (nSPS) is 33.6. The Morgan fingerprint density at radius 2 is 2.06 bits per heavy atom. The highest BCUT2D eigenvalue weighted by Crippen LogP contribution is 2.36. The van der Waals surface area contributed by atoms with Crippen molar-refractivity contribution in [3.8, 4) is 0 Å². The van der Waals surface area contributed by atoms with E-state index in [1.165, 1.54) is 12.8 Å². The standard InChI is InChI=1S/C13H25N3O/c1-9(2)16(8-10-3-4-10)11-5-6-13(15,7-11)12(14)17/h9-11H,3-8,15H2,1-2H3,(H2,14,17). The topological polar surface area (TPSA) is 72.3 Å². The first-order chi connectivity index (χ1) is 7.92. The molecule has 4 nitrogen and oxygen atoms in total. The van der Waals surface area contributed by atoms with Crippen LogP contribution in [0.25, 0.3) is 0 Å². The Hall–Kier alpha value is -0.610. The molecule has 98 valence electrons. The van der Waals surface area contributed by atoms with Crippen LogP contribution in [0.15, 0.2) is 0 Å². The average molecular weight is 239 g/mol. The van der Waals surface area contributed by atoms with Crippen molar-refractivity contribution < 1.29 is 4.79 Å². The molecule has 0 heterocycles. The molecule has 0 saturated heterocycles. The van der Waals surface area contributed by atoms with Crippen LogP contribution in [0.5, 0.6) is 0 Å². The van der Waals surface area contributed by atoms with Crippen LogP contribution in [0.4, 0.5) is 0 Å². The third kappa shape index (κ3) is 2.80. The van der Waals surface area contributed by atoms with Crippen molar-refractivity contribution in [2.45, 2.75) is 63.6 Å². The lowest BCUT2D eigenvalue weighted by Gasteiger charge is -2.33. The molecule has 2 atom stereocenters. The molecule has 2 rings (SSSR count). The Balaban J connectivity index is 1.98. The van der Waals surface area contributed by atoms with Crippen molar-refractivity contribution in [2.24, 2.45) is 17.4 Å². The van der Waals surface area contributed by atoms with Gasteiger partial charge in [-0.05, 0) is 51.9 Å². The lowest BCUT2D eigenvalue weighted by Crippen LogP contribution is -2.51. The van der Waals surface area contributed by atoms with E-state index < -0.39 is 5.54 Å². The number of hydrogen-bond donors (Lipinski definition) is 2. The molecule has 0 aromatic carbocycles. The number of amides is 1. The fourth-order valence-electron chi connectivity index (χ4n) is 2.94. The van der Waals surface area contributed by atoms with E-state index >= 15 is 0 Å². The predicted molar refractivity (Wildman–Crippen MR) is 68.3 cm³/mol. The molecular formula is C13H25N3O. The van der Waals surface area contributed by atoms with Crippen molar-refractivity contribution in [1.29, 1.82) is 0 Å². The van der Waals surface area contributed by atoms with Crippen molar-refractivity contribution in [3.63, 3.8) is 0 Å². The van der Waals surface area contributed by atoms with Gasteiger partial charge in [-0.2, -0.15) is 0 Å². The fraction of sp³-hybridized carbons (Fsp3) is 0.923. The summed E-state index contributed by atoms with van der Waals surface area (Å²) in [6.45, 7) is 5.61. The molecule has 4 N–H and O–H groups in total. The van der Waals surface area contributed by atoms with Crippen LogP contribution in [0.1, 0.15) is 46.0 Å². The van der Waals surface area contributed by atoms with E-state index in [1.54, 1.807) is 0 Å². The molecular weight excluding hydrogens is 214 g/mol. The van der Waals surface area contributed by atoms with Crippen LogP contribution in [0, 0.1) is 5.92 Å². The van der Waals surface area contributed by atoms with Gasteiger partial charge in [-0.3, -0.25) is 9.69 Å². The van der Waals surface area contributed by atoms with Crippen LogP contribution < -0.4 is 11.5 Å². The minimum absolute atomic E-state index is 0.338. The summed E-state index contributed by atoms with van der Waals surface area (Å²) in [4.78, 5) is 13.9. The van der Waals surface area contributed by atoms with E-state index in [0.29, 0.717) is 12.1 Å². The maximum atomic E-state index is 11.4. The number of carbonyl (C=O) groups excluding carboxylic acids is 1. The van der Waals surface area contributed by atoms with E-state index in [-0.39, 0.29) is 5.91 Å². The van der Waals surface area contributed by atoms with E-state index in [0.717, 1.165) is 31.7 Å². The molecule has 1 amide bonds. The first-order valence-corrected chi connectivity index (χ1v) is 6.77. The van der Waals surface area contributed by atoms with Crippen LogP contribution in [-0.2, 0) is 4.79 Å². The first-order valence-electron chi connectivity index (χ1n) is 6.77. The predicted octanol–water partition coefficient (Wildman–Crippen LogP) is 0.842. The molecule has 2 aliphatic rings. The zero-order chi connectivity index (χ0) is 12.6. The molecule has 2 aliphatic carbocycles. The number of nitrogens with two attached hydrogens (primary N) is 2. The van der Waals surface area contributed by atoms with Gasteiger partial charge < -0.3 is 11.5 Å². The van der Waals surface area contributed by atoms with Crippen LogP contribution in [-0.4, -0.2) is 35.0 Å². The molecule has 0 spiro atoms. The number of carbonyl (C=O) groups is 1. The van der Waals surface area contributed by atoms with Gasteiger partial charge in [0.25, 0.3) is 0 Å². The highest BCUT2D eigenvalue weighted by Gasteiger charge is 2.43. The molecule has 0 aromatic rings. The van der Waals surface area contributed by atoms with E-state index in [2.05, 4.69) is 18.7 Å². The molecule has 0 aliphatic heterocycles. The molecule has 2 saturated carbocycles. The summed E-state index contributed by atoms with van der Waals surface area (Å²) >= 11 is 0. The van der Waals surface area contributed by atoms with Gasteiger partial charge in [-0.1, -0.05) is 0 Å². The van der Waals surface area contributed by atoms with Crippen molar-refractivity contribution in [1.82, 2.24) is 4.90 Å². The second-order valence-corrected chi connectivity index (χ2v) is 6.15. The minimum atomic E-state index is -0.763. The Morgan fingerprint density at radius 3 is 2.47 bits per heavy atom. The van der Waals surface area contributed by atoms with Gasteiger partial charge >= 0.3 is 0 Å². The average Bonchev–Trinajstić information content (AvgIpc) is 2.97. The Labute approximate surface area is 104 Å². The number of hydrogen-bond acceptors (Lipinski definition) is 3. The molecule has 0 aromatic heterocycles.